The second-order valence-corrected chi connectivity index (χ2v) is 4.11. The third-order valence-electron chi connectivity index (χ3n) is 2.22. The van der Waals surface area contributed by atoms with E-state index >= 15 is 0 Å². The first-order valence-corrected chi connectivity index (χ1v) is 5.57. The summed E-state index contributed by atoms with van der Waals surface area (Å²) in [5, 5.41) is 0.852. The Balaban J connectivity index is 3.56. The van der Waals surface area contributed by atoms with E-state index in [9.17, 15) is 0 Å². The number of hydrogen-bond donors (Lipinski definition) is 0. The second kappa shape index (κ2) is 6.09. The normalized spacial score (nSPS) is 16.8. The molecule has 0 aromatic heterocycles. The van der Waals surface area contributed by atoms with Gasteiger partial charge < -0.3 is 0 Å². The molecule has 0 radical (unpaired) electrons. The Morgan fingerprint density at radius 2 is 1.90 bits per heavy atom. The lowest BCUT2D eigenvalue weighted by Crippen LogP contribution is -2.11. The maximum absolute atomic E-state index is 2.34. The first kappa shape index (κ1) is 10.3. The lowest BCUT2D eigenvalue weighted by Gasteiger charge is -2.19. The highest BCUT2D eigenvalue weighted by Crippen LogP contribution is 2.23. The molecule has 62 valence electrons. The van der Waals surface area contributed by atoms with E-state index in [2.05, 4.69) is 27.0 Å². The molecule has 1 heteroatoms. The maximum atomic E-state index is 2.34. The summed E-state index contributed by atoms with van der Waals surface area (Å²) in [4.78, 5) is 0. The smallest absolute Gasteiger partial charge is 0.00441 e. The summed E-state index contributed by atoms with van der Waals surface area (Å²) in [6, 6.07) is 0. The van der Waals surface area contributed by atoms with E-state index in [1.54, 1.807) is 0 Å². The standard InChI is InChI=1S/C9H20S/c1-5-7-9(6-2)8(3)10-4/h8-9H,5-7H2,1-4H3. The molecule has 0 saturated heterocycles. The molecule has 0 amide bonds. The second-order valence-electron chi connectivity index (χ2n) is 2.90. The van der Waals surface area contributed by atoms with Gasteiger partial charge >= 0.3 is 0 Å². The number of thioether (sulfide) groups is 1. The first-order chi connectivity index (χ1) is 4.76. The molecule has 0 aromatic carbocycles. The molecule has 0 aromatic rings. The lowest BCUT2D eigenvalue weighted by molar-refractivity contribution is 0.462. The molecule has 0 N–H and O–H groups in total. The molecule has 2 atom stereocenters. The van der Waals surface area contributed by atoms with Crippen LogP contribution in [0.1, 0.15) is 40.0 Å². The van der Waals surface area contributed by atoms with Crippen molar-refractivity contribution in [1.82, 2.24) is 0 Å². The Hall–Kier alpha value is 0.350. The molecule has 0 saturated carbocycles. The van der Waals surface area contributed by atoms with Gasteiger partial charge in [-0.2, -0.15) is 11.8 Å². The first-order valence-electron chi connectivity index (χ1n) is 4.29. The van der Waals surface area contributed by atoms with Crippen molar-refractivity contribution in [2.45, 2.75) is 45.3 Å². The topological polar surface area (TPSA) is 0 Å². The van der Waals surface area contributed by atoms with Gasteiger partial charge in [0.1, 0.15) is 0 Å². The van der Waals surface area contributed by atoms with E-state index in [1.807, 2.05) is 11.8 Å². The van der Waals surface area contributed by atoms with Crippen LogP contribution >= 0.6 is 11.8 Å². The minimum Gasteiger partial charge on any atom is -0.162 e. The minimum absolute atomic E-state index is 0.852. The zero-order valence-electron chi connectivity index (χ0n) is 7.68. The summed E-state index contributed by atoms with van der Waals surface area (Å²) in [6.07, 6.45) is 6.29. The van der Waals surface area contributed by atoms with E-state index < -0.39 is 0 Å². The van der Waals surface area contributed by atoms with Gasteiger partial charge in [-0.15, -0.1) is 0 Å². The average molecular weight is 160 g/mol. The van der Waals surface area contributed by atoms with Gasteiger partial charge in [-0.3, -0.25) is 0 Å². The highest BCUT2D eigenvalue weighted by molar-refractivity contribution is 7.99. The predicted octanol–water partition coefficient (Wildman–Crippen LogP) is 3.56. The molecule has 2 unspecified atom stereocenters. The van der Waals surface area contributed by atoms with Crippen molar-refractivity contribution in [3.63, 3.8) is 0 Å². The Morgan fingerprint density at radius 3 is 2.20 bits per heavy atom. The van der Waals surface area contributed by atoms with Crippen molar-refractivity contribution in [3.05, 3.63) is 0 Å². The molecule has 10 heavy (non-hydrogen) atoms. The highest BCUT2D eigenvalue weighted by Gasteiger charge is 2.12. The SMILES string of the molecule is CCCC(CC)C(C)SC. The maximum Gasteiger partial charge on any atom is 0.00441 e. The van der Waals surface area contributed by atoms with E-state index in [0.717, 1.165) is 11.2 Å². The molecule has 0 heterocycles. The van der Waals surface area contributed by atoms with Gasteiger partial charge in [0.15, 0.2) is 0 Å². The molecular formula is C9H20S. The van der Waals surface area contributed by atoms with Crippen LogP contribution in [0.15, 0.2) is 0 Å². The van der Waals surface area contributed by atoms with Crippen molar-refractivity contribution >= 4 is 11.8 Å². The van der Waals surface area contributed by atoms with Crippen LogP contribution in [0.5, 0.6) is 0 Å². The highest BCUT2D eigenvalue weighted by atomic mass is 32.2. The van der Waals surface area contributed by atoms with Crippen LogP contribution in [0.4, 0.5) is 0 Å². The summed E-state index contributed by atoms with van der Waals surface area (Å²) >= 11 is 2.00. The van der Waals surface area contributed by atoms with Crippen molar-refractivity contribution in [2.75, 3.05) is 6.26 Å². The quantitative estimate of drug-likeness (QED) is 0.592. The lowest BCUT2D eigenvalue weighted by atomic mass is 9.98. The van der Waals surface area contributed by atoms with Crippen LogP contribution < -0.4 is 0 Å². The summed E-state index contributed by atoms with van der Waals surface area (Å²) in [5.74, 6) is 0.944. The van der Waals surface area contributed by atoms with E-state index in [-0.39, 0.29) is 0 Å². The Bertz CT molecular complexity index is 71.1. The van der Waals surface area contributed by atoms with E-state index in [1.165, 1.54) is 19.3 Å². The zero-order chi connectivity index (χ0) is 7.98. The zero-order valence-corrected chi connectivity index (χ0v) is 8.50. The Morgan fingerprint density at radius 1 is 1.30 bits per heavy atom. The van der Waals surface area contributed by atoms with Gasteiger partial charge in [-0.25, -0.2) is 0 Å². The summed E-state index contributed by atoms with van der Waals surface area (Å²) in [7, 11) is 0. The predicted molar refractivity (Wildman–Crippen MR) is 51.7 cm³/mol. The van der Waals surface area contributed by atoms with Gasteiger partial charge in [0.25, 0.3) is 0 Å². The van der Waals surface area contributed by atoms with E-state index in [0.29, 0.717) is 0 Å². The van der Waals surface area contributed by atoms with Crippen LogP contribution in [0.2, 0.25) is 0 Å². The minimum atomic E-state index is 0.852. The van der Waals surface area contributed by atoms with Gasteiger partial charge in [-0.05, 0) is 18.6 Å². The van der Waals surface area contributed by atoms with Crippen LogP contribution in [-0.2, 0) is 0 Å². The Kier molecular flexibility index (Phi) is 6.30. The van der Waals surface area contributed by atoms with Crippen LogP contribution in [-0.4, -0.2) is 11.5 Å². The fraction of sp³-hybridized carbons (Fsp3) is 1.00. The number of rotatable bonds is 5. The van der Waals surface area contributed by atoms with Crippen molar-refractivity contribution < 1.29 is 0 Å². The monoisotopic (exact) mass is 160 g/mol. The molecule has 0 aliphatic rings. The molecule has 0 nitrogen and oxygen atoms in total. The van der Waals surface area contributed by atoms with E-state index in [4.69, 9.17) is 0 Å². The molecule has 0 rings (SSSR count). The van der Waals surface area contributed by atoms with Crippen molar-refractivity contribution in [1.29, 1.82) is 0 Å². The van der Waals surface area contributed by atoms with Crippen LogP contribution in [0, 0.1) is 5.92 Å². The molecule has 0 bridgehead atoms. The summed E-state index contributed by atoms with van der Waals surface area (Å²) in [6.45, 7) is 6.91. The molecule has 0 aliphatic carbocycles. The van der Waals surface area contributed by atoms with Crippen molar-refractivity contribution in [2.24, 2.45) is 5.92 Å². The van der Waals surface area contributed by atoms with Gasteiger partial charge in [0, 0.05) is 5.25 Å². The largest absolute Gasteiger partial charge is 0.162 e. The third-order valence-corrected chi connectivity index (χ3v) is 3.35. The third kappa shape index (κ3) is 3.50. The fourth-order valence-electron chi connectivity index (χ4n) is 1.33. The average Bonchev–Trinajstić information content (AvgIpc) is 1.99. The molecule has 0 aliphatic heterocycles. The van der Waals surface area contributed by atoms with Crippen LogP contribution in [0.3, 0.4) is 0 Å². The molecular weight excluding hydrogens is 140 g/mol. The van der Waals surface area contributed by atoms with Gasteiger partial charge in [0.05, 0.1) is 0 Å². The summed E-state index contributed by atoms with van der Waals surface area (Å²) in [5.41, 5.74) is 0. The van der Waals surface area contributed by atoms with Crippen LogP contribution in [0.25, 0.3) is 0 Å². The Labute approximate surface area is 69.8 Å². The van der Waals surface area contributed by atoms with Crippen molar-refractivity contribution in [3.8, 4) is 0 Å². The molecule has 0 fully saturated rings. The number of hydrogen-bond acceptors (Lipinski definition) is 1. The van der Waals surface area contributed by atoms with Gasteiger partial charge in [-0.1, -0.05) is 33.6 Å². The summed E-state index contributed by atoms with van der Waals surface area (Å²) < 4.78 is 0. The molecule has 0 spiro atoms. The van der Waals surface area contributed by atoms with Gasteiger partial charge in [0.2, 0.25) is 0 Å². The fourth-order valence-corrected chi connectivity index (χ4v) is 2.05.